The predicted octanol–water partition coefficient (Wildman–Crippen LogP) is 3.19. The molecule has 0 fully saturated rings. The third kappa shape index (κ3) is 2.72. The van der Waals surface area contributed by atoms with Gasteiger partial charge in [-0.15, -0.1) is 0 Å². The molecule has 0 spiro atoms. The number of ether oxygens (including phenoxy) is 2. The Morgan fingerprint density at radius 1 is 1.18 bits per heavy atom. The zero-order chi connectivity index (χ0) is 19.8. The van der Waals surface area contributed by atoms with E-state index in [1.54, 1.807) is 37.3 Å². The van der Waals surface area contributed by atoms with Crippen LogP contribution in [0.15, 0.2) is 69.2 Å². The average molecular weight is 381 g/mol. The molecular formula is C21H16FNO5. The quantitative estimate of drug-likeness (QED) is 0.553. The average Bonchev–Trinajstić information content (AvgIpc) is 2.67. The van der Waals surface area contributed by atoms with Crippen molar-refractivity contribution in [1.82, 2.24) is 0 Å². The Bertz CT molecular complexity index is 1180. The highest BCUT2D eigenvalue weighted by Crippen LogP contribution is 2.44. The molecule has 1 aromatic heterocycles. The summed E-state index contributed by atoms with van der Waals surface area (Å²) < 4.78 is 30.8. The Kier molecular flexibility index (Phi) is 4.35. The third-order valence-electron chi connectivity index (χ3n) is 4.57. The Morgan fingerprint density at radius 2 is 1.89 bits per heavy atom. The van der Waals surface area contributed by atoms with Gasteiger partial charge in [-0.1, -0.05) is 30.3 Å². The van der Waals surface area contributed by atoms with Gasteiger partial charge in [-0.05, 0) is 25.1 Å². The zero-order valence-electron chi connectivity index (χ0n) is 14.9. The fourth-order valence-corrected chi connectivity index (χ4v) is 3.39. The van der Waals surface area contributed by atoms with Gasteiger partial charge < -0.3 is 19.6 Å². The van der Waals surface area contributed by atoms with Gasteiger partial charge >= 0.3 is 11.6 Å². The molecule has 2 heterocycles. The first-order valence-electron chi connectivity index (χ1n) is 8.67. The SMILES string of the molecule is CCOC(=O)C1=C(N)Oc2c(c(=O)oc3ccccc23)[C@@H]1c1ccccc1F. The molecule has 1 aliphatic rings. The van der Waals surface area contributed by atoms with Crippen LogP contribution in [-0.2, 0) is 9.53 Å². The molecule has 28 heavy (non-hydrogen) atoms. The monoisotopic (exact) mass is 381 g/mol. The summed E-state index contributed by atoms with van der Waals surface area (Å²) in [4.78, 5) is 25.4. The minimum absolute atomic E-state index is 0.000975. The van der Waals surface area contributed by atoms with E-state index in [0.29, 0.717) is 11.0 Å². The van der Waals surface area contributed by atoms with Crippen LogP contribution in [0.25, 0.3) is 11.0 Å². The van der Waals surface area contributed by atoms with Gasteiger partial charge in [-0.2, -0.15) is 0 Å². The first-order chi connectivity index (χ1) is 13.5. The minimum atomic E-state index is -1.12. The van der Waals surface area contributed by atoms with Crippen LogP contribution in [0.4, 0.5) is 4.39 Å². The molecule has 2 aromatic carbocycles. The second kappa shape index (κ2) is 6.84. The number of hydrogen-bond donors (Lipinski definition) is 1. The fourth-order valence-electron chi connectivity index (χ4n) is 3.39. The lowest BCUT2D eigenvalue weighted by Gasteiger charge is -2.28. The summed E-state index contributed by atoms with van der Waals surface area (Å²) in [5.41, 5.74) is 5.56. The van der Waals surface area contributed by atoms with E-state index in [0.717, 1.165) is 0 Å². The van der Waals surface area contributed by atoms with Gasteiger partial charge in [0.1, 0.15) is 17.0 Å². The molecule has 4 rings (SSSR count). The lowest BCUT2D eigenvalue weighted by atomic mass is 9.83. The van der Waals surface area contributed by atoms with Crippen LogP contribution < -0.4 is 16.1 Å². The van der Waals surface area contributed by atoms with Gasteiger partial charge in [0.05, 0.1) is 23.5 Å². The summed E-state index contributed by atoms with van der Waals surface area (Å²) in [5.74, 6) is -2.60. The number of esters is 1. The van der Waals surface area contributed by atoms with Gasteiger partial charge in [0, 0.05) is 5.56 Å². The molecule has 1 atom stereocenters. The normalized spacial score (nSPS) is 15.9. The predicted molar refractivity (Wildman–Crippen MR) is 99.2 cm³/mol. The molecule has 0 bridgehead atoms. The molecule has 0 amide bonds. The maximum absolute atomic E-state index is 14.7. The Balaban J connectivity index is 2.07. The van der Waals surface area contributed by atoms with E-state index in [4.69, 9.17) is 19.6 Å². The number of carbonyl (C=O) groups excluding carboxylic acids is 1. The second-order valence-corrected chi connectivity index (χ2v) is 6.18. The van der Waals surface area contributed by atoms with E-state index in [9.17, 15) is 14.0 Å². The molecule has 0 saturated carbocycles. The van der Waals surface area contributed by atoms with Gasteiger partial charge in [0.15, 0.2) is 5.75 Å². The van der Waals surface area contributed by atoms with Gasteiger partial charge in [-0.25, -0.2) is 14.0 Å². The highest BCUT2D eigenvalue weighted by atomic mass is 19.1. The maximum Gasteiger partial charge on any atom is 0.344 e. The molecule has 0 aliphatic carbocycles. The number of nitrogens with two attached hydrogens (primary N) is 1. The molecule has 7 heteroatoms. The highest BCUT2D eigenvalue weighted by molar-refractivity contribution is 5.94. The number of para-hydroxylation sites is 1. The summed E-state index contributed by atoms with van der Waals surface area (Å²) in [5, 5.41) is 0.490. The van der Waals surface area contributed by atoms with Crippen LogP contribution in [0.2, 0.25) is 0 Å². The Labute approximate surface area is 159 Å². The van der Waals surface area contributed by atoms with Crippen molar-refractivity contribution in [3.05, 3.63) is 87.4 Å². The van der Waals surface area contributed by atoms with Crippen LogP contribution in [0, 0.1) is 5.82 Å². The standard InChI is InChI=1S/C21H16FNO5/c1-2-26-20(24)17-15(11-7-3-5-9-13(11)22)16-18(28-19(17)23)12-8-4-6-10-14(12)27-21(16)25/h3-10,15H,2,23H2,1H3/t15-/m0/s1. The van der Waals surface area contributed by atoms with Crippen molar-refractivity contribution in [3.63, 3.8) is 0 Å². The van der Waals surface area contributed by atoms with Gasteiger partial charge in [0.25, 0.3) is 0 Å². The molecule has 6 nitrogen and oxygen atoms in total. The molecular weight excluding hydrogens is 365 g/mol. The van der Waals surface area contributed by atoms with E-state index in [1.165, 1.54) is 18.2 Å². The zero-order valence-corrected chi connectivity index (χ0v) is 14.9. The van der Waals surface area contributed by atoms with Crippen LogP contribution >= 0.6 is 0 Å². The number of fused-ring (bicyclic) bond motifs is 3. The molecule has 0 radical (unpaired) electrons. The van der Waals surface area contributed by atoms with E-state index in [1.807, 2.05) is 0 Å². The summed E-state index contributed by atoms with van der Waals surface area (Å²) in [7, 11) is 0. The third-order valence-corrected chi connectivity index (χ3v) is 4.57. The van der Waals surface area contributed by atoms with Crippen LogP contribution in [0.3, 0.4) is 0 Å². The lowest BCUT2D eigenvalue weighted by molar-refractivity contribution is -0.139. The molecule has 142 valence electrons. The Hall–Kier alpha value is -3.61. The largest absolute Gasteiger partial charge is 0.462 e. The number of benzene rings is 2. The van der Waals surface area contributed by atoms with Crippen molar-refractivity contribution >= 4 is 16.9 Å². The minimum Gasteiger partial charge on any atom is -0.462 e. The number of carbonyl (C=O) groups is 1. The summed E-state index contributed by atoms with van der Waals surface area (Å²) in [6, 6.07) is 12.6. The van der Waals surface area contributed by atoms with Crippen molar-refractivity contribution in [2.45, 2.75) is 12.8 Å². The van der Waals surface area contributed by atoms with Crippen LogP contribution in [-0.4, -0.2) is 12.6 Å². The smallest absolute Gasteiger partial charge is 0.344 e. The van der Waals surface area contributed by atoms with Gasteiger partial charge in [-0.3, -0.25) is 0 Å². The Morgan fingerprint density at radius 3 is 2.64 bits per heavy atom. The molecule has 2 N–H and O–H groups in total. The fraction of sp³-hybridized carbons (Fsp3) is 0.143. The highest BCUT2D eigenvalue weighted by Gasteiger charge is 2.40. The van der Waals surface area contributed by atoms with Crippen molar-refractivity contribution in [2.24, 2.45) is 5.73 Å². The summed E-state index contributed by atoms with van der Waals surface area (Å²) >= 11 is 0. The van der Waals surface area contributed by atoms with Crippen molar-refractivity contribution in [3.8, 4) is 5.75 Å². The van der Waals surface area contributed by atoms with Crippen LogP contribution in [0.1, 0.15) is 24.0 Å². The van der Waals surface area contributed by atoms with E-state index in [-0.39, 0.29) is 34.9 Å². The molecule has 3 aromatic rings. The first kappa shape index (κ1) is 17.8. The number of hydrogen-bond acceptors (Lipinski definition) is 6. The van der Waals surface area contributed by atoms with E-state index in [2.05, 4.69) is 0 Å². The van der Waals surface area contributed by atoms with Crippen molar-refractivity contribution < 1.29 is 23.1 Å². The molecule has 0 saturated heterocycles. The number of halogens is 1. The van der Waals surface area contributed by atoms with Crippen LogP contribution in [0.5, 0.6) is 5.75 Å². The summed E-state index contributed by atoms with van der Waals surface area (Å²) in [6.45, 7) is 1.71. The first-order valence-corrected chi connectivity index (χ1v) is 8.67. The lowest BCUT2D eigenvalue weighted by Crippen LogP contribution is -2.31. The summed E-state index contributed by atoms with van der Waals surface area (Å²) in [6.07, 6.45) is 0. The molecule has 0 unspecified atom stereocenters. The van der Waals surface area contributed by atoms with E-state index < -0.39 is 23.3 Å². The van der Waals surface area contributed by atoms with E-state index >= 15 is 0 Å². The topological polar surface area (TPSA) is 91.8 Å². The second-order valence-electron chi connectivity index (χ2n) is 6.18. The van der Waals surface area contributed by atoms with Gasteiger partial charge in [0.2, 0.25) is 5.88 Å². The van der Waals surface area contributed by atoms with Crippen molar-refractivity contribution in [2.75, 3.05) is 6.61 Å². The number of rotatable bonds is 3. The molecule has 1 aliphatic heterocycles. The maximum atomic E-state index is 14.7. The van der Waals surface area contributed by atoms with Crippen molar-refractivity contribution in [1.29, 1.82) is 0 Å².